The van der Waals surface area contributed by atoms with E-state index in [2.05, 4.69) is 10.3 Å². The van der Waals surface area contributed by atoms with E-state index in [-0.39, 0.29) is 11.9 Å². The lowest BCUT2D eigenvalue weighted by Gasteiger charge is -2.31. The number of likely N-dealkylation sites (tertiary alicyclic amines) is 2. The Labute approximate surface area is 187 Å². The molecule has 2 saturated heterocycles. The Balaban J connectivity index is 1.22. The minimum atomic E-state index is -0.109. The summed E-state index contributed by atoms with van der Waals surface area (Å²) in [4.78, 5) is 37.7. The summed E-state index contributed by atoms with van der Waals surface area (Å²) in [6.45, 7) is 4.90. The fourth-order valence-electron chi connectivity index (χ4n) is 4.81. The molecule has 7 nitrogen and oxygen atoms in total. The largest absolute Gasteiger partial charge is 0.342 e. The van der Waals surface area contributed by atoms with E-state index >= 15 is 0 Å². The summed E-state index contributed by atoms with van der Waals surface area (Å²) in [7, 11) is 0. The normalized spacial score (nSPS) is 17.2. The molecule has 2 fully saturated rings. The second-order valence-electron chi connectivity index (χ2n) is 8.81. The molecule has 3 aromatic rings. The highest BCUT2D eigenvalue weighted by Crippen LogP contribution is 2.28. The van der Waals surface area contributed by atoms with Crippen molar-refractivity contribution in [1.29, 1.82) is 0 Å². The van der Waals surface area contributed by atoms with E-state index in [1.807, 2.05) is 59.2 Å². The molecule has 0 spiro atoms. The molecule has 0 bridgehead atoms. The number of rotatable bonds is 3. The van der Waals surface area contributed by atoms with E-state index in [4.69, 9.17) is 4.98 Å². The molecule has 2 aliphatic heterocycles. The number of anilines is 1. The van der Waals surface area contributed by atoms with Crippen molar-refractivity contribution < 1.29 is 9.59 Å². The second kappa shape index (κ2) is 8.65. The number of carbonyl (C=O) groups excluding carboxylic acids is 2. The molecule has 32 heavy (non-hydrogen) atoms. The minimum Gasteiger partial charge on any atom is -0.342 e. The summed E-state index contributed by atoms with van der Waals surface area (Å²) in [5.41, 5.74) is 4.26. The number of hydrogen-bond acceptors (Lipinski definition) is 3. The van der Waals surface area contributed by atoms with Gasteiger partial charge in [-0.15, -0.1) is 0 Å². The first-order valence-corrected chi connectivity index (χ1v) is 11.5. The molecular weight excluding hydrogens is 402 g/mol. The van der Waals surface area contributed by atoms with E-state index in [1.54, 1.807) is 0 Å². The predicted molar refractivity (Wildman–Crippen MR) is 125 cm³/mol. The highest BCUT2D eigenvalue weighted by atomic mass is 16.2. The van der Waals surface area contributed by atoms with Gasteiger partial charge in [0.2, 0.25) is 0 Å². The summed E-state index contributed by atoms with van der Waals surface area (Å²) in [6, 6.07) is 13.5. The zero-order valence-electron chi connectivity index (χ0n) is 18.4. The number of urea groups is 1. The number of aromatic amines is 1. The molecular formula is C25H29N5O2. The molecule has 0 aliphatic carbocycles. The highest BCUT2D eigenvalue weighted by Gasteiger charge is 2.27. The summed E-state index contributed by atoms with van der Waals surface area (Å²) in [5.74, 6) is 1.40. The molecule has 7 heteroatoms. The zero-order chi connectivity index (χ0) is 22.1. The Hall–Kier alpha value is -3.35. The molecule has 0 radical (unpaired) electrons. The SMILES string of the molecule is Cc1c(NC(=O)N2CCC(c3nc4ccccc4[nH]3)CC2)cccc1C(=O)N1CCCC1. The number of carbonyl (C=O) groups is 2. The molecule has 0 atom stereocenters. The lowest BCUT2D eigenvalue weighted by Crippen LogP contribution is -2.40. The summed E-state index contributed by atoms with van der Waals surface area (Å²) in [6.07, 6.45) is 3.87. The Bertz CT molecular complexity index is 1110. The number of imidazole rings is 1. The second-order valence-corrected chi connectivity index (χ2v) is 8.81. The van der Waals surface area contributed by atoms with Crippen LogP contribution in [0, 0.1) is 6.92 Å². The van der Waals surface area contributed by atoms with Crippen LogP contribution in [0.15, 0.2) is 42.5 Å². The molecule has 166 valence electrons. The van der Waals surface area contributed by atoms with Crippen LogP contribution in [0.1, 0.15) is 53.3 Å². The first kappa shape index (κ1) is 20.5. The Kier molecular flexibility index (Phi) is 5.55. The fraction of sp³-hybridized carbons (Fsp3) is 0.400. The lowest BCUT2D eigenvalue weighted by molar-refractivity contribution is 0.0792. The van der Waals surface area contributed by atoms with Gasteiger partial charge in [-0.05, 0) is 62.4 Å². The van der Waals surface area contributed by atoms with E-state index in [0.717, 1.165) is 61.2 Å². The van der Waals surface area contributed by atoms with Gasteiger partial charge in [0.1, 0.15) is 5.82 Å². The standard InChI is InChI=1S/C25H29N5O2/c1-17-19(24(31)29-13-4-5-14-29)7-6-10-20(17)28-25(32)30-15-11-18(12-16-30)23-26-21-8-2-3-9-22(21)27-23/h2-3,6-10,18H,4-5,11-16H2,1H3,(H,26,27)(H,28,32). The number of H-pyrrole nitrogens is 1. The summed E-state index contributed by atoms with van der Waals surface area (Å²) < 4.78 is 0. The van der Waals surface area contributed by atoms with Crippen molar-refractivity contribution in [2.45, 2.75) is 38.5 Å². The molecule has 2 N–H and O–H groups in total. The van der Waals surface area contributed by atoms with Gasteiger partial charge in [-0.2, -0.15) is 0 Å². The van der Waals surface area contributed by atoms with Gasteiger partial charge in [0.15, 0.2) is 0 Å². The third-order valence-electron chi connectivity index (χ3n) is 6.78. The first-order valence-electron chi connectivity index (χ1n) is 11.5. The van der Waals surface area contributed by atoms with Gasteiger partial charge >= 0.3 is 6.03 Å². The van der Waals surface area contributed by atoms with Gasteiger partial charge in [-0.3, -0.25) is 4.79 Å². The average Bonchev–Trinajstić information content (AvgIpc) is 3.50. The van der Waals surface area contributed by atoms with Crippen LogP contribution in [0.5, 0.6) is 0 Å². The van der Waals surface area contributed by atoms with E-state index in [9.17, 15) is 9.59 Å². The Morgan fingerprint density at radius 2 is 1.72 bits per heavy atom. The number of nitrogens with zero attached hydrogens (tertiary/aromatic N) is 3. The molecule has 0 saturated carbocycles. The van der Waals surface area contributed by atoms with Crippen LogP contribution >= 0.6 is 0 Å². The van der Waals surface area contributed by atoms with Crippen molar-refractivity contribution in [3.8, 4) is 0 Å². The smallest absolute Gasteiger partial charge is 0.321 e. The minimum absolute atomic E-state index is 0.0581. The van der Waals surface area contributed by atoms with Crippen LogP contribution in [0.3, 0.4) is 0 Å². The van der Waals surface area contributed by atoms with Gasteiger partial charge in [0.05, 0.1) is 11.0 Å². The third-order valence-corrected chi connectivity index (χ3v) is 6.78. The predicted octanol–water partition coefficient (Wildman–Crippen LogP) is 4.52. The van der Waals surface area contributed by atoms with Gasteiger partial charge in [-0.1, -0.05) is 18.2 Å². The number of aromatic nitrogens is 2. The molecule has 3 amide bonds. The summed E-state index contributed by atoms with van der Waals surface area (Å²) in [5, 5.41) is 3.03. The third kappa shape index (κ3) is 3.95. The van der Waals surface area contributed by atoms with Crippen LogP contribution in [-0.4, -0.2) is 57.9 Å². The summed E-state index contributed by atoms with van der Waals surface area (Å²) >= 11 is 0. The van der Waals surface area contributed by atoms with Crippen LogP contribution in [0.2, 0.25) is 0 Å². The number of para-hydroxylation sites is 2. The molecule has 2 aromatic carbocycles. The average molecular weight is 432 g/mol. The van der Waals surface area contributed by atoms with E-state index < -0.39 is 0 Å². The molecule has 0 unspecified atom stereocenters. The maximum Gasteiger partial charge on any atom is 0.321 e. The molecule has 1 aromatic heterocycles. The number of fused-ring (bicyclic) bond motifs is 1. The van der Waals surface area contributed by atoms with Crippen LogP contribution in [0.4, 0.5) is 10.5 Å². The monoisotopic (exact) mass is 431 g/mol. The number of nitrogens with one attached hydrogen (secondary N) is 2. The highest BCUT2D eigenvalue weighted by molar-refractivity contribution is 5.99. The van der Waals surface area contributed by atoms with Crippen molar-refractivity contribution in [1.82, 2.24) is 19.8 Å². The van der Waals surface area contributed by atoms with Crippen LogP contribution < -0.4 is 5.32 Å². The number of benzene rings is 2. The van der Waals surface area contributed by atoms with Gasteiger partial charge in [-0.25, -0.2) is 9.78 Å². The first-order chi connectivity index (χ1) is 15.6. The van der Waals surface area contributed by atoms with Crippen LogP contribution in [-0.2, 0) is 0 Å². The number of hydrogen-bond donors (Lipinski definition) is 2. The molecule has 2 aliphatic rings. The van der Waals surface area contributed by atoms with Gasteiger partial charge in [0, 0.05) is 43.3 Å². The number of amides is 3. The van der Waals surface area contributed by atoms with E-state index in [1.165, 1.54) is 0 Å². The molecule has 3 heterocycles. The van der Waals surface area contributed by atoms with Crippen LogP contribution in [0.25, 0.3) is 11.0 Å². The lowest BCUT2D eigenvalue weighted by atomic mass is 9.96. The maximum absolute atomic E-state index is 12.9. The van der Waals surface area contributed by atoms with Gasteiger partial charge < -0.3 is 20.1 Å². The van der Waals surface area contributed by atoms with Crippen molar-refractivity contribution in [3.05, 3.63) is 59.4 Å². The maximum atomic E-state index is 12.9. The number of piperidine rings is 1. The quantitative estimate of drug-likeness (QED) is 0.640. The van der Waals surface area contributed by atoms with Crippen molar-refractivity contribution in [2.75, 3.05) is 31.5 Å². The topological polar surface area (TPSA) is 81.3 Å². The van der Waals surface area contributed by atoms with Crippen molar-refractivity contribution in [3.63, 3.8) is 0 Å². The molecule has 5 rings (SSSR count). The Morgan fingerprint density at radius 1 is 0.969 bits per heavy atom. The van der Waals surface area contributed by atoms with E-state index in [0.29, 0.717) is 30.3 Å². The zero-order valence-corrected chi connectivity index (χ0v) is 18.4. The Morgan fingerprint density at radius 3 is 2.47 bits per heavy atom. The van der Waals surface area contributed by atoms with Crippen molar-refractivity contribution >= 4 is 28.7 Å². The van der Waals surface area contributed by atoms with Crippen molar-refractivity contribution in [2.24, 2.45) is 0 Å². The fourth-order valence-corrected chi connectivity index (χ4v) is 4.81. The van der Waals surface area contributed by atoms with Gasteiger partial charge in [0.25, 0.3) is 5.91 Å².